The maximum absolute atomic E-state index is 11.4. The number of tetrazole rings is 1. The molecular formula is C16H13ClN4O2. The van der Waals surface area contributed by atoms with E-state index in [4.69, 9.17) is 16.7 Å². The van der Waals surface area contributed by atoms with Gasteiger partial charge in [-0.25, -0.2) is 0 Å². The van der Waals surface area contributed by atoms with E-state index in [1.165, 1.54) is 4.80 Å². The molecule has 3 rings (SSSR count). The Morgan fingerprint density at radius 1 is 1.09 bits per heavy atom. The Bertz CT molecular complexity index is 813. The molecule has 0 spiro atoms. The van der Waals surface area contributed by atoms with Crippen LogP contribution in [-0.4, -0.2) is 37.7 Å². The predicted octanol–water partition coefficient (Wildman–Crippen LogP) is 2.22. The lowest BCUT2D eigenvalue weighted by molar-refractivity contribution is 0.0903. The molecule has 0 aliphatic carbocycles. The summed E-state index contributed by atoms with van der Waals surface area (Å²) in [6.07, 6.45) is 0. The van der Waals surface area contributed by atoms with Crippen LogP contribution in [0.15, 0.2) is 48.5 Å². The summed E-state index contributed by atoms with van der Waals surface area (Å²) >= 11 is 5.86. The van der Waals surface area contributed by atoms with Gasteiger partial charge in [0.15, 0.2) is 5.78 Å². The van der Waals surface area contributed by atoms with Crippen molar-refractivity contribution in [2.45, 2.75) is 6.54 Å². The average Bonchev–Trinajstić information content (AvgIpc) is 3.04. The molecule has 0 bridgehead atoms. The molecule has 23 heavy (non-hydrogen) atoms. The number of rotatable bonds is 5. The molecule has 1 heterocycles. The zero-order valence-electron chi connectivity index (χ0n) is 12.1. The molecule has 0 amide bonds. The fraction of sp³-hybridized carbons (Fsp3) is 0.125. The lowest BCUT2D eigenvalue weighted by atomic mass is 10.1. The smallest absolute Gasteiger partial charge is 0.204 e. The number of halogens is 1. The second-order valence-electron chi connectivity index (χ2n) is 4.93. The Morgan fingerprint density at radius 3 is 2.43 bits per heavy atom. The van der Waals surface area contributed by atoms with Crippen LogP contribution in [0.3, 0.4) is 0 Å². The van der Waals surface area contributed by atoms with Gasteiger partial charge in [-0.3, -0.25) is 4.79 Å². The first-order valence-corrected chi connectivity index (χ1v) is 7.30. The number of carbonyl (C=O) groups is 1. The first-order chi connectivity index (χ1) is 11.2. The molecule has 116 valence electrons. The van der Waals surface area contributed by atoms with Gasteiger partial charge >= 0.3 is 0 Å². The van der Waals surface area contributed by atoms with Crippen molar-refractivity contribution in [2.75, 3.05) is 6.61 Å². The van der Waals surface area contributed by atoms with Crippen molar-refractivity contribution in [3.63, 3.8) is 0 Å². The van der Waals surface area contributed by atoms with Gasteiger partial charge in [-0.2, -0.15) is 4.80 Å². The molecule has 0 saturated carbocycles. The Kier molecular flexibility index (Phi) is 4.45. The topological polar surface area (TPSA) is 80.9 Å². The monoisotopic (exact) mass is 328 g/mol. The van der Waals surface area contributed by atoms with Crippen LogP contribution in [0.2, 0.25) is 5.02 Å². The maximum Gasteiger partial charge on any atom is 0.204 e. The number of aromatic nitrogens is 4. The summed E-state index contributed by atoms with van der Waals surface area (Å²) in [5.74, 6) is 0.217. The fourth-order valence-electron chi connectivity index (χ4n) is 2.08. The van der Waals surface area contributed by atoms with Crippen molar-refractivity contribution >= 4 is 17.4 Å². The van der Waals surface area contributed by atoms with Crippen LogP contribution in [0, 0.1) is 0 Å². The Morgan fingerprint density at radius 2 is 1.78 bits per heavy atom. The van der Waals surface area contributed by atoms with Gasteiger partial charge in [-0.05, 0) is 35.0 Å². The van der Waals surface area contributed by atoms with Crippen molar-refractivity contribution in [3.8, 4) is 11.4 Å². The standard InChI is InChI=1S/C16H13ClN4O2/c17-14-7-5-13(6-8-14)16-18-20-21(19-16)9-11-1-3-12(4-2-11)15(23)10-22/h1-8,22H,9-10H2. The van der Waals surface area contributed by atoms with E-state index >= 15 is 0 Å². The van der Waals surface area contributed by atoms with Gasteiger partial charge in [0.25, 0.3) is 0 Å². The van der Waals surface area contributed by atoms with Crippen molar-refractivity contribution in [1.29, 1.82) is 0 Å². The van der Waals surface area contributed by atoms with E-state index in [1.807, 2.05) is 12.1 Å². The van der Waals surface area contributed by atoms with E-state index in [-0.39, 0.29) is 5.78 Å². The molecule has 0 unspecified atom stereocenters. The third-order valence-electron chi connectivity index (χ3n) is 3.30. The second kappa shape index (κ2) is 6.68. The Labute approximate surface area is 137 Å². The third-order valence-corrected chi connectivity index (χ3v) is 3.55. The maximum atomic E-state index is 11.4. The van der Waals surface area contributed by atoms with E-state index in [0.29, 0.717) is 23.0 Å². The molecule has 0 fully saturated rings. The van der Waals surface area contributed by atoms with Gasteiger partial charge in [0, 0.05) is 16.1 Å². The van der Waals surface area contributed by atoms with E-state index in [0.717, 1.165) is 11.1 Å². The zero-order valence-corrected chi connectivity index (χ0v) is 12.8. The largest absolute Gasteiger partial charge is 0.388 e. The van der Waals surface area contributed by atoms with Crippen LogP contribution in [0.1, 0.15) is 15.9 Å². The van der Waals surface area contributed by atoms with Crippen LogP contribution in [0.4, 0.5) is 0 Å². The highest BCUT2D eigenvalue weighted by molar-refractivity contribution is 6.30. The predicted molar refractivity (Wildman–Crippen MR) is 85.2 cm³/mol. The molecular weight excluding hydrogens is 316 g/mol. The van der Waals surface area contributed by atoms with Crippen LogP contribution in [0.25, 0.3) is 11.4 Å². The fourth-order valence-corrected chi connectivity index (χ4v) is 2.20. The van der Waals surface area contributed by atoms with Crippen molar-refractivity contribution in [2.24, 2.45) is 0 Å². The number of ketones is 1. The van der Waals surface area contributed by atoms with Gasteiger partial charge < -0.3 is 5.11 Å². The molecule has 0 radical (unpaired) electrons. The van der Waals surface area contributed by atoms with E-state index in [1.54, 1.807) is 36.4 Å². The minimum absolute atomic E-state index is 0.305. The molecule has 0 aliphatic rings. The van der Waals surface area contributed by atoms with Gasteiger partial charge in [0.2, 0.25) is 5.82 Å². The van der Waals surface area contributed by atoms with Crippen molar-refractivity contribution in [1.82, 2.24) is 20.2 Å². The zero-order chi connectivity index (χ0) is 16.2. The summed E-state index contributed by atoms with van der Waals surface area (Å²) in [6.45, 7) is -0.0530. The first kappa shape index (κ1) is 15.3. The highest BCUT2D eigenvalue weighted by Gasteiger charge is 2.07. The summed E-state index contributed by atoms with van der Waals surface area (Å²) in [7, 11) is 0. The quantitative estimate of drug-likeness (QED) is 0.726. The molecule has 2 aromatic carbocycles. The van der Waals surface area contributed by atoms with Crippen LogP contribution in [0.5, 0.6) is 0 Å². The number of nitrogens with zero attached hydrogens (tertiary/aromatic N) is 4. The third kappa shape index (κ3) is 3.61. The number of benzene rings is 2. The Balaban J connectivity index is 1.74. The molecule has 0 saturated heterocycles. The molecule has 1 N–H and O–H groups in total. The number of hydrogen-bond acceptors (Lipinski definition) is 5. The van der Waals surface area contributed by atoms with Gasteiger partial charge in [0.05, 0.1) is 6.54 Å². The SMILES string of the molecule is O=C(CO)c1ccc(Cn2nnc(-c3ccc(Cl)cc3)n2)cc1. The summed E-state index contributed by atoms with van der Waals surface area (Å²) in [5, 5.41) is 21.8. The first-order valence-electron chi connectivity index (χ1n) is 6.92. The summed E-state index contributed by atoms with van der Waals surface area (Å²) < 4.78 is 0. The summed E-state index contributed by atoms with van der Waals surface area (Å²) in [4.78, 5) is 12.8. The minimum Gasteiger partial charge on any atom is -0.388 e. The molecule has 0 atom stereocenters. The number of carbonyl (C=O) groups excluding carboxylic acids is 1. The Hall–Kier alpha value is -2.57. The van der Waals surface area contributed by atoms with Gasteiger partial charge in [0.1, 0.15) is 6.61 Å². The van der Waals surface area contributed by atoms with Crippen LogP contribution >= 0.6 is 11.6 Å². The van der Waals surface area contributed by atoms with Gasteiger partial charge in [-0.15, -0.1) is 10.2 Å². The highest BCUT2D eigenvalue weighted by atomic mass is 35.5. The molecule has 7 heteroatoms. The average molecular weight is 329 g/mol. The van der Waals surface area contributed by atoms with E-state index in [9.17, 15) is 4.79 Å². The van der Waals surface area contributed by atoms with Crippen molar-refractivity contribution < 1.29 is 9.90 Å². The lowest BCUT2D eigenvalue weighted by Gasteiger charge is -2.01. The summed E-state index contributed by atoms with van der Waals surface area (Å²) in [6, 6.07) is 14.2. The highest BCUT2D eigenvalue weighted by Crippen LogP contribution is 2.17. The number of Topliss-reactive ketones (excluding diaryl/α,β-unsaturated/α-hetero) is 1. The molecule has 6 nitrogen and oxygen atoms in total. The normalized spacial score (nSPS) is 10.7. The molecule has 1 aromatic heterocycles. The van der Waals surface area contributed by atoms with Gasteiger partial charge in [-0.1, -0.05) is 35.9 Å². The van der Waals surface area contributed by atoms with E-state index < -0.39 is 6.61 Å². The summed E-state index contributed by atoms with van der Waals surface area (Å²) in [5.41, 5.74) is 2.24. The lowest BCUT2D eigenvalue weighted by Crippen LogP contribution is -2.06. The minimum atomic E-state index is -0.492. The number of aliphatic hydroxyl groups is 1. The van der Waals surface area contributed by atoms with Crippen LogP contribution in [-0.2, 0) is 6.54 Å². The van der Waals surface area contributed by atoms with Crippen molar-refractivity contribution in [3.05, 3.63) is 64.7 Å². The number of aliphatic hydroxyl groups excluding tert-OH is 1. The second-order valence-corrected chi connectivity index (χ2v) is 5.36. The molecule has 3 aromatic rings. The van der Waals surface area contributed by atoms with E-state index in [2.05, 4.69) is 15.4 Å². The van der Waals surface area contributed by atoms with Crippen LogP contribution < -0.4 is 0 Å². The number of hydrogen-bond donors (Lipinski definition) is 1. The molecule has 0 aliphatic heterocycles.